The largest absolute Gasteiger partial charge is 0.497 e. The Balaban J connectivity index is 1.60. The molecule has 0 radical (unpaired) electrons. The highest BCUT2D eigenvalue weighted by Gasteiger charge is 2.35. The smallest absolute Gasteiger partial charge is 0.356 e. The molecule has 2 aromatic carbocycles. The highest BCUT2D eigenvalue weighted by atomic mass is 16.5. The summed E-state index contributed by atoms with van der Waals surface area (Å²) in [7, 11) is 3.04. The van der Waals surface area contributed by atoms with E-state index < -0.39 is 5.97 Å². The number of carbonyl (C=O) groups is 1. The molecule has 1 N–H and O–H groups in total. The van der Waals surface area contributed by atoms with Crippen molar-refractivity contribution < 1.29 is 14.3 Å². The molecule has 9 heteroatoms. The van der Waals surface area contributed by atoms with Crippen molar-refractivity contribution in [2.45, 2.75) is 40.2 Å². The Morgan fingerprint density at radius 3 is 2.33 bits per heavy atom. The minimum Gasteiger partial charge on any atom is -0.497 e. The summed E-state index contributed by atoms with van der Waals surface area (Å²) in [5.74, 6) is 1.39. The lowest BCUT2D eigenvalue weighted by Gasteiger charge is -2.48. The molecule has 9 nitrogen and oxygen atoms in total. The van der Waals surface area contributed by atoms with Gasteiger partial charge in [-0.1, -0.05) is 0 Å². The zero-order valence-electron chi connectivity index (χ0n) is 24.1. The molecule has 0 atom stereocenters. The van der Waals surface area contributed by atoms with Crippen molar-refractivity contribution in [2.24, 2.45) is 0 Å². The average molecular weight is 533 g/mol. The first-order chi connectivity index (χ1) is 18.7. The molecule has 0 saturated carbocycles. The van der Waals surface area contributed by atoms with E-state index in [1.807, 2.05) is 12.1 Å². The van der Waals surface area contributed by atoms with Gasteiger partial charge in [0, 0.05) is 55.9 Å². The zero-order chi connectivity index (χ0) is 28.2. The van der Waals surface area contributed by atoms with E-state index in [0.29, 0.717) is 24.9 Å². The predicted molar refractivity (Wildman–Crippen MR) is 158 cm³/mol. The standard InChI is InChI=1S/C30H40N6O3/c1-8-34(9-2)23-12-15-25(21(3)18-23)31-27-19-26(28(37)39-7)32-29(33-27)35-16-17-36(30(4,5)20-35)22-10-13-24(38-6)14-11-22/h10-15,18-19H,8-9,16-17,20H2,1-7H3,(H,31,32,33). The molecule has 1 fully saturated rings. The highest BCUT2D eigenvalue weighted by Crippen LogP contribution is 2.32. The normalized spacial score (nSPS) is 14.6. The number of aryl methyl sites for hydroxylation is 1. The molecule has 208 valence electrons. The third-order valence-corrected chi connectivity index (χ3v) is 7.28. The van der Waals surface area contributed by atoms with Crippen LogP contribution in [0.3, 0.4) is 0 Å². The summed E-state index contributed by atoms with van der Waals surface area (Å²) >= 11 is 0. The second-order valence-electron chi connectivity index (χ2n) is 10.3. The fourth-order valence-corrected chi connectivity index (χ4v) is 5.13. The van der Waals surface area contributed by atoms with Gasteiger partial charge in [-0.25, -0.2) is 9.78 Å². The number of hydrogen-bond donors (Lipinski definition) is 1. The number of aromatic nitrogens is 2. The summed E-state index contributed by atoms with van der Waals surface area (Å²) < 4.78 is 10.3. The number of nitrogens with zero attached hydrogens (tertiary/aromatic N) is 5. The second-order valence-corrected chi connectivity index (χ2v) is 10.3. The van der Waals surface area contributed by atoms with Gasteiger partial charge < -0.3 is 29.5 Å². The topological polar surface area (TPSA) is 83.1 Å². The van der Waals surface area contributed by atoms with Crippen LogP contribution in [-0.2, 0) is 4.74 Å². The van der Waals surface area contributed by atoms with Crippen molar-refractivity contribution in [1.82, 2.24) is 9.97 Å². The molecular weight excluding hydrogens is 492 g/mol. The predicted octanol–water partition coefficient (Wildman–Crippen LogP) is 5.28. The molecule has 3 aromatic rings. The van der Waals surface area contributed by atoms with Crippen LogP contribution in [0.5, 0.6) is 5.75 Å². The molecule has 4 rings (SSSR count). The quantitative estimate of drug-likeness (QED) is 0.370. The van der Waals surface area contributed by atoms with Crippen molar-refractivity contribution >= 4 is 34.8 Å². The number of piperazine rings is 1. The number of ether oxygens (including phenoxy) is 2. The van der Waals surface area contributed by atoms with E-state index in [-0.39, 0.29) is 11.2 Å². The maximum absolute atomic E-state index is 12.5. The number of esters is 1. The number of carbonyl (C=O) groups excluding carboxylic acids is 1. The van der Waals surface area contributed by atoms with Crippen LogP contribution in [-0.4, -0.2) is 68.4 Å². The fraction of sp³-hybridized carbons (Fsp3) is 0.433. The van der Waals surface area contributed by atoms with E-state index >= 15 is 0 Å². The molecule has 0 amide bonds. The minimum absolute atomic E-state index is 0.206. The Bertz CT molecular complexity index is 1290. The lowest BCUT2D eigenvalue weighted by molar-refractivity contribution is 0.0594. The van der Waals surface area contributed by atoms with Gasteiger partial charge in [0.15, 0.2) is 5.69 Å². The maximum Gasteiger partial charge on any atom is 0.356 e. The molecule has 2 heterocycles. The van der Waals surface area contributed by atoms with Gasteiger partial charge in [-0.3, -0.25) is 0 Å². The van der Waals surface area contributed by atoms with Crippen LogP contribution in [0, 0.1) is 6.92 Å². The summed E-state index contributed by atoms with van der Waals surface area (Å²) in [5, 5.41) is 3.41. The molecular formula is C30H40N6O3. The van der Waals surface area contributed by atoms with Gasteiger partial charge in [0.25, 0.3) is 0 Å². The van der Waals surface area contributed by atoms with Gasteiger partial charge >= 0.3 is 5.97 Å². The second kappa shape index (κ2) is 11.8. The molecule has 0 unspecified atom stereocenters. The van der Waals surface area contributed by atoms with Crippen molar-refractivity contribution in [3.8, 4) is 5.75 Å². The number of benzene rings is 2. The number of hydrogen-bond acceptors (Lipinski definition) is 9. The summed E-state index contributed by atoms with van der Waals surface area (Å²) in [4.78, 5) is 28.8. The van der Waals surface area contributed by atoms with E-state index in [4.69, 9.17) is 14.5 Å². The average Bonchev–Trinajstić information content (AvgIpc) is 2.94. The van der Waals surface area contributed by atoms with Crippen LogP contribution in [0.15, 0.2) is 48.5 Å². The molecule has 1 aliphatic heterocycles. The monoisotopic (exact) mass is 532 g/mol. The number of nitrogens with one attached hydrogen (secondary N) is 1. The van der Waals surface area contributed by atoms with Gasteiger partial charge in [0.1, 0.15) is 11.6 Å². The van der Waals surface area contributed by atoms with Crippen LogP contribution in [0.2, 0.25) is 0 Å². The van der Waals surface area contributed by atoms with Gasteiger partial charge in [0.05, 0.1) is 19.8 Å². The van der Waals surface area contributed by atoms with Crippen LogP contribution < -0.4 is 24.8 Å². The Hall–Kier alpha value is -4.01. The van der Waals surface area contributed by atoms with E-state index in [2.05, 4.69) is 90.0 Å². The third kappa shape index (κ3) is 6.19. The summed E-state index contributed by atoms with van der Waals surface area (Å²) in [6, 6.07) is 16.1. The Labute approximate surface area is 231 Å². The minimum atomic E-state index is -0.494. The van der Waals surface area contributed by atoms with Crippen LogP contribution in [0.1, 0.15) is 43.7 Å². The van der Waals surface area contributed by atoms with Crippen LogP contribution >= 0.6 is 0 Å². The molecule has 0 spiro atoms. The summed E-state index contributed by atoms with van der Waals surface area (Å²) in [6.45, 7) is 14.8. The molecule has 39 heavy (non-hydrogen) atoms. The molecule has 1 aliphatic rings. The third-order valence-electron chi connectivity index (χ3n) is 7.28. The lowest BCUT2D eigenvalue weighted by atomic mass is 9.98. The summed E-state index contributed by atoms with van der Waals surface area (Å²) in [6.07, 6.45) is 0. The van der Waals surface area contributed by atoms with Crippen molar-refractivity contribution in [2.75, 3.05) is 67.0 Å². The number of anilines is 5. The van der Waals surface area contributed by atoms with E-state index in [1.165, 1.54) is 12.8 Å². The van der Waals surface area contributed by atoms with Gasteiger partial charge in [-0.15, -0.1) is 0 Å². The lowest BCUT2D eigenvalue weighted by Crippen LogP contribution is -2.60. The molecule has 0 aliphatic carbocycles. The van der Waals surface area contributed by atoms with Gasteiger partial charge in [-0.2, -0.15) is 4.98 Å². The fourth-order valence-electron chi connectivity index (χ4n) is 5.13. The summed E-state index contributed by atoms with van der Waals surface area (Å²) in [5.41, 5.74) is 4.35. The molecule has 1 saturated heterocycles. The van der Waals surface area contributed by atoms with Gasteiger partial charge in [-0.05, 0) is 82.6 Å². The van der Waals surface area contributed by atoms with Crippen molar-refractivity contribution in [3.63, 3.8) is 0 Å². The van der Waals surface area contributed by atoms with Crippen molar-refractivity contribution in [3.05, 3.63) is 59.8 Å². The SMILES string of the molecule is CCN(CC)c1ccc(Nc2cc(C(=O)OC)nc(N3CCN(c4ccc(OC)cc4)C(C)(C)C3)n2)c(C)c1. The van der Waals surface area contributed by atoms with E-state index in [9.17, 15) is 4.79 Å². The maximum atomic E-state index is 12.5. The zero-order valence-corrected chi connectivity index (χ0v) is 24.1. The highest BCUT2D eigenvalue weighted by molar-refractivity contribution is 5.88. The van der Waals surface area contributed by atoms with Gasteiger partial charge in [0.2, 0.25) is 5.95 Å². The van der Waals surface area contributed by atoms with Crippen molar-refractivity contribution in [1.29, 1.82) is 0 Å². The Morgan fingerprint density at radius 1 is 1.03 bits per heavy atom. The van der Waals surface area contributed by atoms with E-state index in [0.717, 1.165) is 42.3 Å². The first-order valence-corrected chi connectivity index (χ1v) is 13.5. The van der Waals surface area contributed by atoms with Crippen LogP contribution in [0.4, 0.5) is 28.8 Å². The Kier molecular flexibility index (Phi) is 8.47. The number of methoxy groups -OCH3 is 2. The van der Waals surface area contributed by atoms with E-state index in [1.54, 1.807) is 13.2 Å². The molecule has 1 aromatic heterocycles. The van der Waals surface area contributed by atoms with Crippen LogP contribution in [0.25, 0.3) is 0 Å². The first-order valence-electron chi connectivity index (χ1n) is 13.5. The first kappa shape index (κ1) is 28.0. The molecule has 0 bridgehead atoms. The number of rotatable bonds is 9. The Morgan fingerprint density at radius 2 is 1.74 bits per heavy atom.